The molecule has 0 spiro atoms. The predicted molar refractivity (Wildman–Crippen MR) is 123 cm³/mol. The number of amides is 2. The zero-order chi connectivity index (χ0) is 23.7. The van der Waals surface area contributed by atoms with E-state index in [-0.39, 0.29) is 17.0 Å². The second kappa shape index (κ2) is 8.40. The molecule has 1 aliphatic rings. The SMILES string of the molecule is Cc1ccc(NC2=C(c3ccc([N+](=O)[O-])cc3)C(=O)N(c3ccc(C#N)cc3)C2=O)cc1C. The summed E-state index contributed by atoms with van der Waals surface area (Å²) in [6.07, 6.45) is 0. The van der Waals surface area contributed by atoms with Crippen molar-refractivity contribution in [1.29, 1.82) is 5.26 Å². The molecule has 1 aliphatic heterocycles. The van der Waals surface area contributed by atoms with Gasteiger partial charge < -0.3 is 5.32 Å². The molecule has 162 valence electrons. The van der Waals surface area contributed by atoms with Crippen LogP contribution in [0.1, 0.15) is 22.3 Å². The fraction of sp³-hybridized carbons (Fsp3) is 0.0800. The number of rotatable bonds is 5. The Morgan fingerprint density at radius 2 is 1.58 bits per heavy atom. The van der Waals surface area contributed by atoms with E-state index in [0.29, 0.717) is 22.5 Å². The molecule has 3 aromatic rings. The van der Waals surface area contributed by atoms with Crippen molar-refractivity contribution >= 4 is 34.4 Å². The van der Waals surface area contributed by atoms with E-state index < -0.39 is 16.7 Å². The minimum atomic E-state index is -0.565. The molecule has 8 nitrogen and oxygen atoms in total. The van der Waals surface area contributed by atoms with Gasteiger partial charge in [0, 0.05) is 17.8 Å². The molecule has 0 fully saturated rings. The van der Waals surface area contributed by atoms with E-state index in [1.807, 2.05) is 38.1 Å². The zero-order valence-corrected chi connectivity index (χ0v) is 17.8. The van der Waals surface area contributed by atoms with Crippen LogP contribution in [-0.4, -0.2) is 16.7 Å². The minimum Gasteiger partial charge on any atom is -0.350 e. The first-order chi connectivity index (χ1) is 15.8. The number of nitrogens with one attached hydrogen (secondary N) is 1. The number of nitro groups is 1. The van der Waals surface area contributed by atoms with Gasteiger partial charge in [0.25, 0.3) is 17.5 Å². The van der Waals surface area contributed by atoms with Gasteiger partial charge in [0.15, 0.2) is 0 Å². The second-order valence-corrected chi connectivity index (χ2v) is 7.58. The van der Waals surface area contributed by atoms with Crippen LogP contribution in [0.4, 0.5) is 17.1 Å². The number of hydrogen-bond donors (Lipinski definition) is 1. The highest BCUT2D eigenvalue weighted by atomic mass is 16.6. The van der Waals surface area contributed by atoms with Crippen LogP contribution < -0.4 is 10.2 Å². The summed E-state index contributed by atoms with van der Waals surface area (Å²) in [5.41, 5.74) is 3.88. The van der Waals surface area contributed by atoms with Gasteiger partial charge in [-0.25, -0.2) is 4.90 Å². The number of hydrogen-bond acceptors (Lipinski definition) is 6. The average molecular weight is 438 g/mol. The van der Waals surface area contributed by atoms with Crippen LogP contribution in [0.5, 0.6) is 0 Å². The van der Waals surface area contributed by atoms with Crippen molar-refractivity contribution in [3.63, 3.8) is 0 Å². The number of nitriles is 1. The molecule has 0 radical (unpaired) electrons. The van der Waals surface area contributed by atoms with Gasteiger partial charge in [-0.05, 0) is 79.1 Å². The normalized spacial score (nSPS) is 13.3. The summed E-state index contributed by atoms with van der Waals surface area (Å²) in [7, 11) is 0. The van der Waals surface area contributed by atoms with Gasteiger partial charge in [0.05, 0.1) is 27.8 Å². The number of imide groups is 1. The van der Waals surface area contributed by atoms with E-state index in [2.05, 4.69) is 5.32 Å². The standard InChI is InChI=1S/C25H18N4O4/c1-15-3-8-19(13-16(15)2)27-23-22(18-6-11-21(12-7-18)29(32)33)24(30)28(25(23)31)20-9-4-17(14-26)5-10-20/h3-13,27H,1-2H3. The largest absolute Gasteiger partial charge is 0.350 e. The van der Waals surface area contributed by atoms with Gasteiger partial charge in [-0.3, -0.25) is 19.7 Å². The van der Waals surface area contributed by atoms with Crippen LogP contribution in [0.15, 0.2) is 72.4 Å². The molecule has 8 heteroatoms. The fourth-order valence-electron chi connectivity index (χ4n) is 3.55. The van der Waals surface area contributed by atoms with Crippen molar-refractivity contribution in [2.45, 2.75) is 13.8 Å². The lowest BCUT2D eigenvalue weighted by molar-refractivity contribution is -0.384. The Labute approximate surface area is 189 Å². The lowest BCUT2D eigenvalue weighted by Gasteiger charge is -2.15. The van der Waals surface area contributed by atoms with Gasteiger partial charge in [-0.1, -0.05) is 6.07 Å². The molecule has 1 heterocycles. The summed E-state index contributed by atoms with van der Waals surface area (Å²) in [5.74, 6) is -1.12. The van der Waals surface area contributed by atoms with Crippen LogP contribution in [-0.2, 0) is 9.59 Å². The topological polar surface area (TPSA) is 116 Å². The predicted octanol–water partition coefficient (Wildman–Crippen LogP) is 4.48. The summed E-state index contributed by atoms with van der Waals surface area (Å²) in [6, 6.07) is 19.2. The Morgan fingerprint density at radius 1 is 0.909 bits per heavy atom. The molecule has 0 unspecified atom stereocenters. The van der Waals surface area contributed by atoms with Crippen LogP contribution in [0, 0.1) is 35.3 Å². The smallest absolute Gasteiger partial charge is 0.282 e. The lowest BCUT2D eigenvalue weighted by atomic mass is 10.0. The van der Waals surface area contributed by atoms with E-state index in [9.17, 15) is 19.7 Å². The molecule has 0 bridgehead atoms. The van der Waals surface area contributed by atoms with Crippen molar-refractivity contribution < 1.29 is 14.5 Å². The molecule has 4 rings (SSSR count). The van der Waals surface area contributed by atoms with Gasteiger partial charge in [-0.2, -0.15) is 5.26 Å². The highest BCUT2D eigenvalue weighted by Gasteiger charge is 2.40. The zero-order valence-electron chi connectivity index (χ0n) is 17.8. The maximum Gasteiger partial charge on any atom is 0.282 e. The molecule has 0 atom stereocenters. The molecule has 0 aromatic heterocycles. The van der Waals surface area contributed by atoms with Crippen LogP contribution in [0.3, 0.4) is 0 Å². The maximum atomic E-state index is 13.4. The van der Waals surface area contributed by atoms with Crippen molar-refractivity contribution in [3.05, 3.63) is 105 Å². The number of aryl methyl sites for hydroxylation is 2. The number of carbonyl (C=O) groups is 2. The van der Waals surface area contributed by atoms with Crippen LogP contribution in [0.25, 0.3) is 5.57 Å². The summed E-state index contributed by atoms with van der Waals surface area (Å²) in [5, 5.41) is 23.1. The summed E-state index contributed by atoms with van der Waals surface area (Å²) in [6.45, 7) is 3.91. The third kappa shape index (κ3) is 3.95. The average Bonchev–Trinajstić information content (AvgIpc) is 3.05. The van der Waals surface area contributed by atoms with E-state index in [4.69, 9.17) is 5.26 Å². The summed E-state index contributed by atoms with van der Waals surface area (Å²) >= 11 is 0. The molecular formula is C25H18N4O4. The van der Waals surface area contributed by atoms with Gasteiger partial charge in [-0.15, -0.1) is 0 Å². The third-order valence-corrected chi connectivity index (χ3v) is 5.48. The Hall–Kier alpha value is -4.77. The van der Waals surface area contributed by atoms with Crippen molar-refractivity contribution in [3.8, 4) is 6.07 Å². The molecule has 3 aromatic carbocycles. The fourth-order valence-corrected chi connectivity index (χ4v) is 3.55. The van der Waals surface area contributed by atoms with Crippen molar-refractivity contribution in [2.24, 2.45) is 0 Å². The summed E-state index contributed by atoms with van der Waals surface area (Å²) in [4.78, 5) is 38.3. The van der Waals surface area contributed by atoms with Crippen LogP contribution >= 0.6 is 0 Å². The second-order valence-electron chi connectivity index (χ2n) is 7.58. The number of benzene rings is 3. The molecule has 33 heavy (non-hydrogen) atoms. The van der Waals surface area contributed by atoms with Gasteiger partial charge in [0.2, 0.25) is 0 Å². The van der Waals surface area contributed by atoms with E-state index in [0.717, 1.165) is 16.0 Å². The first kappa shape index (κ1) is 21.5. The van der Waals surface area contributed by atoms with Crippen LogP contribution in [0.2, 0.25) is 0 Å². The summed E-state index contributed by atoms with van der Waals surface area (Å²) < 4.78 is 0. The molecule has 2 amide bonds. The molecule has 0 saturated heterocycles. The Balaban J connectivity index is 1.81. The lowest BCUT2D eigenvalue weighted by Crippen LogP contribution is -2.32. The van der Waals surface area contributed by atoms with E-state index in [1.54, 1.807) is 0 Å². The molecular weight excluding hydrogens is 420 g/mol. The van der Waals surface area contributed by atoms with Gasteiger partial charge >= 0.3 is 0 Å². The Kier molecular flexibility index (Phi) is 5.46. The number of anilines is 2. The monoisotopic (exact) mass is 438 g/mol. The number of nitro benzene ring substituents is 1. The third-order valence-electron chi connectivity index (χ3n) is 5.48. The maximum absolute atomic E-state index is 13.4. The van der Waals surface area contributed by atoms with E-state index in [1.165, 1.54) is 48.5 Å². The van der Waals surface area contributed by atoms with Gasteiger partial charge in [0.1, 0.15) is 5.70 Å². The number of non-ortho nitro benzene ring substituents is 1. The number of nitrogens with zero attached hydrogens (tertiary/aromatic N) is 3. The Bertz CT molecular complexity index is 1370. The highest BCUT2D eigenvalue weighted by Crippen LogP contribution is 2.34. The number of carbonyl (C=O) groups excluding carboxylic acids is 2. The Morgan fingerprint density at radius 3 is 2.15 bits per heavy atom. The first-order valence-electron chi connectivity index (χ1n) is 10.0. The molecule has 0 saturated carbocycles. The van der Waals surface area contributed by atoms with Crippen molar-refractivity contribution in [1.82, 2.24) is 0 Å². The quantitative estimate of drug-likeness (QED) is 0.357. The van der Waals surface area contributed by atoms with Crippen molar-refractivity contribution in [2.75, 3.05) is 10.2 Å². The van der Waals surface area contributed by atoms with E-state index >= 15 is 0 Å². The highest BCUT2D eigenvalue weighted by molar-refractivity contribution is 6.46. The molecule has 0 aliphatic carbocycles. The first-order valence-corrected chi connectivity index (χ1v) is 10.0. The minimum absolute atomic E-state index is 0.0708. The molecule has 1 N–H and O–H groups in total.